The summed E-state index contributed by atoms with van der Waals surface area (Å²) in [4.78, 5) is 16.5. The average molecular weight is 330 g/mol. The molecule has 0 spiro atoms. The Kier molecular flexibility index (Phi) is 4.64. The van der Waals surface area contributed by atoms with Gasteiger partial charge in [0, 0.05) is 13.7 Å². The number of nitrogens with one attached hydrogen (secondary N) is 1. The molecule has 3 aromatic rings. The van der Waals surface area contributed by atoms with Gasteiger partial charge in [-0.2, -0.15) is 0 Å². The van der Waals surface area contributed by atoms with Crippen LogP contribution in [0, 0.1) is 5.82 Å². The van der Waals surface area contributed by atoms with Crippen LogP contribution in [0.4, 0.5) is 4.39 Å². The van der Waals surface area contributed by atoms with Crippen molar-refractivity contribution >= 4 is 27.5 Å². The second kappa shape index (κ2) is 6.85. The minimum atomic E-state index is -0.413. The SMILES string of the molecule is COC(CNC(=O)c1nc2ccccc2s1)c1cccc(F)c1. The normalized spacial score (nSPS) is 12.3. The van der Waals surface area contributed by atoms with E-state index >= 15 is 0 Å². The Bertz CT molecular complexity index is 801. The molecule has 1 heterocycles. The zero-order chi connectivity index (χ0) is 16.2. The summed E-state index contributed by atoms with van der Waals surface area (Å²) in [6.45, 7) is 0.245. The molecule has 1 aromatic heterocycles. The molecule has 1 amide bonds. The van der Waals surface area contributed by atoms with Crippen LogP contribution in [0.2, 0.25) is 0 Å². The fourth-order valence-corrected chi connectivity index (χ4v) is 3.16. The number of methoxy groups -OCH3 is 1. The minimum absolute atomic E-state index is 0.245. The monoisotopic (exact) mass is 330 g/mol. The summed E-state index contributed by atoms with van der Waals surface area (Å²) >= 11 is 1.34. The van der Waals surface area contributed by atoms with Crippen molar-refractivity contribution in [1.82, 2.24) is 10.3 Å². The van der Waals surface area contributed by atoms with Gasteiger partial charge in [-0.05, 0) is 29.8 Å². The molecule has 0 aliphatic rings. The number of amides is 1. The first-order valence-electron chi connectivity index (χ1n) is 7.09. The standard InChI is InChI=1S/C17H15FN2O2S/c1-22-14(11-5-4-6-12(18)9-11)10-19-16(21)17-20-13-7-2-3-8-15(13)23-17/h2-9,14H,10H2,1H3,(H,19,21). The molecule has 0 bridgehead atoms. The maximum absolute atomic E-state index is 13.3. The molecule has 118 valence electrons. The van der Waals surface area contributed by atoms with Crippen LogP contribution in [-0.2, 0) is 4.74 Å². The summed E-state index contributed by atoms with van der Waals surface area (Å²) in [6, 6.07) is 13.7. The van der Waals surface area contributed by atoms with Crippen LogP contribution in [0.5, 0.6) is 0 Å². The van der Waals surface area contributed by atoms with Crippen LogP contribution in [0.25, 0.3) is 10.2 Å². The summed E-state index contributed by atoms with van der Waals surface area (Å²) < 4.78 is 19.6. The number of hydrogen-bond acceptors (Lipinski definition) is 4. The number of para-hydroxylation sites is 1. The molecule has 0 fully saturated rings. The lowest BCUT2D eigenvalue weighted by atomic mass is 10.1. The van der Waals surface area contributed by atoms with E-state index in [0.717, 1.165) is 10.2 Å². The Morgan fingerprint density at radius 2 is 2.13 bits per heavy atom. The van der Waals surface area contributed by atoms with Crippen LogP contribution in [0.1, 0.15) is 21.5 Å². The zero-order valence-electron chi connectivity index (χ0n) is 12.5. The molecule has 1 atom stereocenters. The Labute approximate surface area is 136 Å². The number of aromatic nitrogens is 1. The second-order valence-corrected chi connectivity index (χ2v) is 6.01. The van der Waals surface area contributed by atoms with Crippen molar-refractivity contribution in [2.45, 2.75) is 6.10 Å². The lowest BCUT2D eigenvalue weighted by Crippen LogP contribution is -2.29. The van der Waals surface area contributed by atoms with Gasteiger partial charge in [-0.15, -0.1) is 11.3 Å². The van der Waals surface area contributed by atoms with Gasteiger partial charge in [0.25, 0.3) is 5.91 Å². The fraction of sp³-hybridized carbons (Fsp3) is 0.176. The lowest BCUT2D eigenvalue weighted by Gasteiger charge is -2.16. The van der Waals surface area contributed by atoms with Crippen molar-refractivity contribution < 1.29 is 13.9 Å². The molecule has 23 heavy (non-hydrogen) atoms. The number of nitrogens with zero attached hydrogens (tertiary/aromatic N) is 1. The molecule has 0 saturated heterocycles. The Balaban J connectivity index is 1.69. The molecule has 0 radical (unpaired) electrons. The number of benzene rings is 2. The van der Waals surface area contributed by atoms with Gasteiger partial charge in [-0.3, -0.25) is 4.79 Å². The highest BCUT2D eigenvalue weighted by atomic mass is 32.1. The molecule has 2 aromatic carbocycles. The Hall–Kier alpha value is -2.31. The molecule has 6 heteroatoms. The smallest absolute Gasteiger partial charge is 0.280 e. The molecule has 4 nitrogen and oxygen atoms in total. The van der Waals surface area contributed by atoms with Crippen molar-refractivity contribution in [1.29, 1.82) is 0 Å². The van der Waals surface area contributed by atoms with Crippen LogP contribution >= 0.6 is 11.3 Å². The lowest BCUT2D eigenvalue weighted by molar-refractivity contribution is 0.0827. The first-order valence-corrected chi connectivity index (χ1v) is 7.91. The Morgan fingerprint density at radius 1 is 1.30 bits per heavy atom. The van der Waals surface area contributed by atoms with Crippen LogP contribution in [0.3, 0.4) is 0 Å². The number of ether oxygens (including phenoxy) is 1. The van der Waals surface area contributed by atoms with Gasteiger partial charge in [0.2, 0.25) is 0 Å². The number of fused-ring (bicyclic) bond motifs is 1. The fourth-order valence-electron chi connectivity index (χ4n) is 2.27. The maximum Gasteiger partial charge on any atom is 0.280 e. The van der Waals surface area contributed by atoms with Gasteiger partial charge < -0.3 is 10.1 Å². The first-order chi connectivity index (χ1) is 11.2. The van der Waals surface area contributed by atoms with E-state index in [-0.39, 0.29) is 18.3 Å². The summed E-state index contributed by atoms with van der Waals surface area (Å²) in [5, 5.41) is 3.19. The van der Waals surface area contributed by atoms with E-state index in [1.54, 1.807) is 12.1 Å². The minimum Gasteiger partial charge on any atom is -0.375 e. The summed E-state index contributed by atoms with van der Waals surface area (Å²) in [6.07, 6.45) is -0.413. The molecular weight excluding hydrogens is 315 g/mol. The maximum atomic E-state index is 13.3. The predicted octanol–water partition coefficient (Wildman–Crippen LogP) is 3.55. The van der Waals surface area contributed by atoms with Crippen molar-refractivity contribution in [3.8, 4) is 0 Å². The average Bonchev–Trinajstić information content (AvgIpc) is 2.99. The van der Waals surface area contributed by atoms with Crippen LogP contribution in [-0.4, -0.2) is 24.5 Å². The Morgan fingerprint density at radius 3 is 2.87 bits per heavy atom. The summed E-state index contributed by atoms with van der Waals surface area (Å²) in [5.74, 6) is -0.591. The third kappa shape index (κ3) is 3.55. The number of carbonyl (C=O) groups excluding carboxylic acids is 1. The van der Waals surface area contributed by atoms with Crippen molar-refractivity contribution in [3.63, 3.8) is 0 Å². The zero-order valence-corrected chi connectivity index (χ0v) is 13.3. The number of carbonyl (C=O) groups is 1. The number of halogens is 1. The van der Waals surface area contributed by atoms with Gasteiger partial charge >= 0.3 is 0 Å². The van der Waals surface area contributed by atoms with E-state index in [2.05, 4.69) is 10.3 Å². The molecule has 1 unspecified atom stereocenters. The molecule has 0 aliphatic heterocycles. The second-order valence-electron chi connectivity index (χ2n) is 4.98. The molecule has 3 rings (SSSR count). The molecular formula is C17H15FN2O2S. The summed E-state index contributed by atoms with van der Waals surface area (Å²) in [5.41, 5.74) is 1.48. The number of hydrogen-bond donors (Lipinski definition) is 1. The van der Waals surface area contributed by atoms with E-state index in [1.807, 2.05) is 24.3 Å². The van der Waals surface area contributed by atoms with Crippen LogP contribution in [0.15, 0.2) is 48.5 Å². The topological polar surface area (TPSA) is 51.2 Å². The number of thiazole rings is 1. The van der Waals surface area contributed by atoms with E-state index in [4.69, 9.17) is 4.74 Å². The third-order valence-corrected chi connectivity index (χ3v) is 4.48. The molecule has 1 N–H and O–H groups in total. The van der Waals surface area contributed by atoms with Crippen molar-refractivity contribution in [2.75, 3.05) is 13.7 Å². The molecule has 0 aliphatic carbocycles. The highest BCUT2D eigenvalue weighted by Gasteiger charge is 2.16. The van der Waals surface area contributed by atoms with E-state index in [1.165, 1.54) is 30.6 Å². The van der Waals surface area contributed by atoms with Gasteiger partial charge in [0.15, 0.2) is 5.01 Å². The van der Waals surface area contributed by atoms with Gasteiger partial charge in [-0.1, -0.05) is 24.3 Å². The quantitative estimate of drug-likeness (QED) is 0.778. The van der Waals surface area contributed by atoms with Crippen molar-refractivity contribution in [2.24, 2.45) is 0 Å². The number of rotatable bonds is 5. The molecule has 0 saturated carbocycles. The van der Waals surface area contributed by atoms with E-state index in [9.17, 15) is 9.18 Å². The highest BCUT2D eigenvalue weighted by Crippen LogP contribution is 2.22. The van der Waals surface area contributed by atoms with Crippen LogP contribution < -0.4 is 5.32 Å². The van der Waals surface area contributed by atoms with Crippen molar-refractivity contribution in [3.05, 3.63) is 64.9 Å². The largest absolute Gasteiger partial charge is 0.375 e. The first kappa shape index (κ1) is 15.6. The highest BCUT2D eigenvalue weighted by molar-refractivity contribution is 7.20. The van der Waals surface area contributed by atoms with E-state index < -0.39 is 6.10 Å². The third-order valence-electron chi connectivity index (χ3n) is 3.44. The summed E-state index contributed by atoms with van der Waals surface area (Å²) in [7, 11) is 1.53. The van der Waals surface area contributed by atoms with E-state index in [0.29, 0.717) is 10.6 Å². The van der Waals surface area contributed by atoms with Gasteiger partial charge in [0.1, 0.15) is 5.82 Å². The van der Waals surface area contributed by atoms with Gasteiger partial charge in [0.05, 0.1) is 16.3 Å². The predicted molar refractivity (Wildman–Crippen MR) is 88.1 cm³/mol. The van der Waals surface area contributed by atoms with Gasteiger partial charge in [-0.25, -0.2) is 9.37 Å².